The lowest BCUT2D eigenvalue weighted by molar-refractivity contribution is 0.0696. The predicted octanol–water partition coefficient (Wildman–Crippen LogP) is 2.46. The molecule has 1 aromatic carbocycles. The summed E-state index contributed by atoms with van der Waals surface area (Å²) in [5, 5.41) is 9.41. The van der Waals surface area contributed by atoms with Gasteiger partial charge in [0, 0.05) is 25.2 Å². The number of pyridine rings is 2. The fourth-order valence-electron chi connectivity index (χ4n) is 3.59. The van der Waals surface area contributed by atoms with E-state index in [1.807, 2.05) is 0 Å². The average molecular weight is 441 g/mol. The lowest BCUT2D eigenvalue weighted by atomic mass is 10.1. The van der Waals surface area contributed by atoms with Crippen molar-refractivity contribution in [2.75, 3.05) is 18.0 Å². The number of aromatic nitrogens is 2. The third kappa shape index (κ3) is 3.48. The molecule has 158 valence electrons. The van der Waals surface area contributed by atoms with Crippen LogP contribution in [0.4, 0.5) is 19.0 Å². The summed E-state index contributed by atoms with van der Waals surface area (Å²) in [6.07, 6.45) is 1.35. The number of halogens is 4. The Bertz CT molecular complexity index is 1220. The number of carbonyl (C=O) groups is 1. The van der Waals surface area contributed by atoms with Crippen molar-refractivity contribution in [3.8, 4) is 5.69 Å². The molecule has 0 amide bonds. The Morgan fingerprint density at radius 1 is 1.20 bits per heavy atom. The Morgan fingerprint density at radius 3 is 2.53 bits per heavy atom. The number of nitrogens with zero attached hydrogens (tertiary/aromatic N) is 3. The van der Waals surface area contributed by atoms with Crippen molar-refractivity contribution in [3.63, 3.8) is 0 Å². The summed E-state index contributed by atoms with van der Waals surface area (Å²) in [5.41, 5.74) is 3.94. The van der Waals surface area contributed by atoms with E-state index in [2.05, 4.69) is 4.98 Å². The minimum absolute atomic E-state index is 0. The van der Waals surface area contributed by atoms with Gasteiger partial charge in [0.1, 0.15) is 34.5 Å². The first-order valence-corrected chi connectivity index (χ1v) is 8.71. The molecular weight excluding hydrogens is 425 g/mol. The molecule has 0 radical (unpaired) electrons. The van der Waals surface area contributed by atoms with Crippen LogP contribution in [0.5, 0.6) is 0 Å². The third-order valence-electron chi connectivity index (χ3n) is 4.84. The van der Waals surface area contributed by atoms with Gasteiger partial charge in [0.15, 0.2) is 0 Å². The highest BCUT2D eigenvalue weighted by Crippen LogP contribution is 2.31. The summed E-state index contributed by atoms with van der Waals surface area (Å²) in [7, 11) is 0. The van der Waals surface area contributed by atoms with E-state index in [0.29, 0.717) is 19.0 Å². The number of hydrogen-bond acceptors (Lipinski definition) is 5. The van der Waals surface area contributed by atoms with Crippen molar-refractivity contribution in [1.29, 1.82) is 0 Å². The van der Waals surface area contributed by atoms with Crippen LogP contribution in [0.3, 0.4) is 0 Å². The summed E-state index contributed by atoms with van der Waals surface area (Å²) >= 11 is 0. The first kappa shape index (κ1) is 21.6. The van der Waals surface area contributed by atoms with Gasteiger partial charge in [0.25, 0.3) is 0 Å². The highest BCUT2D eigenvalue weighted by molar-refractivity contribution is 5.98. The van der Waals surface area contributed by atoms with Gasteiger partial charge in [-0.1, -0.05) is 0 Å². The largest absolute Gasteiger partial charge is 0.477 e. The number of benzene rings is 1. The number of anilines is 1. The predicted molar refractivity (Wildman–Crippen MR) is 106 cm³/mol. The van der Waals surface area contributed by atoms with Gasteiger partial charge in [-0.05, 0) is 24.6 Å². The fraction of sp³-hybridized carbons (Fsp3) is 0.211. The summed E-state index contributed by atoms with van der Waals surface area (Å²) in [6.45, 7) is 0.533. The Balaban J connectivity index is 0.00000256. The number of aromatic carboxylic acids is 1. The van der Waals surface area contributed by atoms with Crippen LogP contribution >= 0.6 is 12.4 Å². The normalized spacial score (nSPS) is 16.0. The quantitative estimate of drug-likeness (QED) is 0.648. The monoisotopic (exact) mass is 440 g/mol. The number of hydrogen-bond donors (Lipinski definition) is 2. The average Bonchev–Trinajstić information content (AvgIpc) is 3.08. The number of fused-ring (bicyclic) bond motifs is 1. The van der Waals surface area contributed by atoms with E-state index in [4.69, 9.17) is 5.73 Å². The lowest BCUT2D eigenvalue weighted by Crippen LogP contribution is -2.33. The molecule has 3 heterocycles. The molecule has 0 saturated carbocycles. The minimum atomic E-state index is -1.56. The van der Waals surface area contributed by atoms with Crippen LogP contribution in [-0.4, -0.2) is 39.8 Å². The molecule has 0 aliphatic carbocycles. The maximum Gasteiger partial charge on any atom is 0.343 e. The van der Waals surface area contributed by atoms with E-state index in [-0.39, 0.29) is 47.5 Å². The SMILES string of the molecule is Cl.NC1CCN(c2c(C(=O)O)c(=O)c3cc(F)cnc3n2-c2ccc(F)cc2F)C1. The molecule has 0 bridgehead atoms. The second-order valence-electron chi connectivity index (χ2n) is 6.78. The third-order valence-corrected chi connectivity index (χ3v) is 4.84. The maximum absolute atomic E-state index is 14.7. The van der Waals surface area contributed by atoms with Crippen molar-refractivity contribution < 1.29 is 23.1 Å². The van der Waals surface area contributed by atoms with E-state index >= 15 is 0 Å². The van der Waals surface area contributed by atoms with Crippen molar-refractivity contribution in [2.24, 2.45) is 5.73 Å². The Labute approximate surface area is 174 Å². The molecule has 0 spiro atoms. The molecule has 30 heavy (non-hydrogen) atoms. The van der Waals surface area contributed by atoms with Gasteiger partial charge in [-0.15, -0.1) is 12.4 Å². The van der Waals surface area contributed by atoms with Crippen LogP contribution in [0.25, 0.3) is 16.7 Å². The second-order valence-corrected chi connectivity index (χ2v) is 6.78. The zero-order chi connectivity index (χ0) is 20.9. The molecule has 1 fully saturated rings. The van der Waals surface area contributed by atoms with Crippen LogP contribution in [0.15, 0.2) is 35.3 Å². The van der Waals surface area contributed by atoms with E-state index in [1.54, 1.807) is 4.90 Å². The Hall–Kier alpha value is -3.11. The van der Waals surface area contributed by atoms with Crippen molar-refractivity contribution in [2.45, 2.75) is 12.5 Å². The van der Waals surface area contributed by atoms with Crippen LogP contribution in [0, 0.1) is 17.5 Å². The topological polar surface area (TPSA) is 101 Å². The number of carboxylic acids is 1. The van der Waals surface area contributed by atoms with Crippen molar-refractivity contribution in [3.05, 3.63) is 63.7 Å². The van der Waals surface area contributed by atoms with Gasteiger partial charge in [-0.3, -0.25) is 9.36 Å². The van der Waals surface area contributed by atoms with Crippen LogP contribution in [0.1, 0.15) is 16.8 Å². The Morgan fingerprint density at radius 2 is 1.93 bits per heavy atom. The molecule has 7 nitrogen and oxygen atoms in total. The van der Waals surface area contributed by atoms with Gasteiger partial charge >= 0.3 is 5.97 Å². The van der Waals surface area contributed by atoms with Crippen LogP contribution in [-0.2, 0) is 0 Å². The molecule has 1 atom stereocenters. The van der Waals surface area contributed by atoms with Gasteiger partial charge < -0.3 is 15.7 Å². The molecule has 11 heteroatoms. The molecule has 1 unspecified atom stereocenters. The first-order chi connectivity index (χ1) is 13.8. The summed E-state index contributed by atoms with van der Waals surface area (Å²) in [5.74, 6) is -4.38. The molecule has 2 aromatic heterocycles. The van der Waals surface area contributed by atoms with Gasteiger partial charge in [-0.25, -0.2) is 22.9 Å². The van der Waals surface area contributed by atoms with Crippen molar-refractivity contribution in [1.82, 2.24) is 9.55 Å². The van der Waals surface area contributed by atoms with E-state index in [1.165, 1.54) is 0 Å². The van der Waals surface area contributed by atoms with E-state index in [9.17, 15) is 27.9 Å². The van der Waals surface area contributed by atoms with Gasteiger partial charge in [-0.2, -0.15) is 0 Å². The van der Waals surface area contributed by atoms with Crippen molar-refractivity contribution >= 4 is 35.2 Å². The molecule has 1 saturated heterocycles. The molecular formula is C19H16ClF3N4O3. The fourth-order valence-corrected chi connectivity index (χ4v) is 3.59. The summed E-state index contributed by atoms with van der Waals surface area (Å²) < 4.78 is 43.0. The highest BCUT2D eigenvalue weighted by Gasteiger charge is 2.31. The van der Waals surface area contributed by atoms with E-state index < -0.39 is 34.4 Å². The minimum Gasteiger partial charge on any atom is -0.477 e. The smallest absolute Gasteiger partial charge is 0.343 e. The molecule has 3 aromatic rings. The molecule has 1 aliphatic rings. The molecule has 4 rings (SSSR count). The van der Waals surface area contributed by atoms with E-state index in [0.717, 1.165) is 29.0 Å². The second kappa shape index (κ2) is 7.96. The molecule has 1 aliphatic heterocycles. The highest BCUT2D eigenvalue weighted by atomic mass is 35.5. The first-order valence-electron chi connectivity index (χ1n) is 8.71. The summed E-state index contributed by atoms with van der Waals surface area (Å²) in [6, 6.07) is 3.28. The number of rotatable bonds is 3. The molecule has 3 N–H and O–H groups in total. The number of carboxylic acid groups (broad SMARTS) is 1. The van der Waals surface area contributed by atoms with Gasteiger partial charge in [0.05, 0.1) is 17.3 Å². The maximum atomic E-state index is 14.7. The van der Waals surface area contributed by atoms with Crippen LogP contribution < -0.4 is 16.1 Å². The number of nitrogens with two attached hydrogens (primary N) is 1. The lowest BCUT2D eigenvalue weighted by Gasteiger charge is -2.26. The Kier molecular flexibility index (Phi) is 5.73. The standard InChI is InChI=1S/C19H15F3N4O3.ClH/c20-9-1-2-14(13(22)6-9)26-17-12(5-10(21)7-24-17)16(27)15(19(28)29)18(26)25-4-3-11(23)8-25;/h1-2,5-7,11H,3-4,8,23H2,(H,28,29);1H. The van der Waals surface area contributed by atoms with Gasteiger partial charge in [0.2, 0.25) is 5.43 Å². The zero-order valence-corrected chi connectivity index (χ0v) is 16.1. The zero-order valence-electron chi connectivity index (χ0n) is 15.3. The van der Waals surface area contributed by atoms with Crippen LogP contribution in [0.2, 0.25) is 0 Å². The summed E-state index contributed by atoms with van der Waals surface area (Å²) in [4.78, 5) is 30.3.